The van der Waals surface area contributed by atoms with Gasteiger partial charge in [-0.25, -0.2) is 4.79 Å². The lowest BCUT2D eigenvalue weighted by Crippen LogP contribution is -2.64. The minimum absolute atomic E-state index is 0.0487. The Morgan fingerprint density at radius 3 is 2.08 bits per heavy atom. The number of hydrogen-bond acceptors (Lipinski definition) is 15. The van der Waals surface area contributed by atoms with E-state index in [2.05, 4.69) is 26.8 Å². The van der Waals surface area contributed by atoms with Gasteiger partial charge in [0.2, 0.25) is 0 Å². The van der Waals surface area contributed by atoms with Crippen molar-refractivity contribution in [1.82, 2.24) is 0 Å². The molecule has 0 aromatic carbocycles. The summed E-state index contributed by atoms with van der Waals surface area (Å²) in [5.74, 6) is -1.88. The molecule has 3 saturated heterocycles. The van der Waals surface area contributed by atoms with E-state index in [0.717, 1.165) is 37.7 Å². The molecule has 59 heavy (non-hydrogen) atoms. The smallest absolute Gasteiger partial charge is 0.341 e. The molecule has 0 N–H and O–H groups in total. The van der Waals surface area contributed by atoms with Crippen LogP contribution in [0.2, 0.25) is 0 Å². The van der Waals surface area contributed by atoms with Gasteiger partial charge in [-0.05, 0) is 87.4 Å². The predicted molar refractivity (Wildman–Crippen MR) is 205 cm³/mol. The monoisotopic (exact) mass is 830 g/mol. The molecule has 0 aromatic rings. The number of cyclic esters (lactones) is 1. The van der Waals surface area contributed by atoms with Crippen molar-refractivity contribution < 1.29 is 71.4 Å². The Balaban J connectivity index is 1.13. The zero-order valence-corrected chi connectivity index (χ0v) is 36.1. The summed E-state index contributed by atoms with van der Waals surface area (Å²) in [4.78, 5) is 74.9. The maximum Gasteiger partial charge on any atom is 0.341 e. The number of ether oxygens (including phenoxy) is 9. The first-order chi connectivity index (χ1) is 27.6. The van der Waals surface area contributed by atoms with E-state index in [9.17, 15) is 28.8 Å². The normalized spacial score (nSPS) is 45.1. The molecule has 7 rings (SSSR count). The zero-order valence-electron chi connectivity index (χ0n) is 36.1. The van der Waals surface area contributed by atoms with Crippen LogP contribution >= 0.6 is 0 Å². The van der Waals surface area contributed by atoms with E-state index in [1.807, 2.05) is 13.8 Å². The number of carbonyl (C=O) groups is 6. The highest BCUT2D eigenvalue weighted by atomic mass is 16.7. The molecule has 3 heterocycles. The molecule has 4 aliphatic carbocycles. The minimum atomic E-state index is -1.37. The van der Waals surface area contributed by atoms with E-state index in [4.69, 9.17) is 42.6 Å². The van der Waals surface area contributed by atoms with Gasteiger partial charge in [-0.2, -0.15) is 0 Å². The molecule has 6 fully saturated rings. The molecule has 15 nitrogen and oxygen atoms in total. The average molecular weight is 831 g/mol. The van der Waals surface area contributed by atoms with Crippen molar-refractivity contribution in [3.05, 3.63) is 11.6 Å². The van der Waals surface area contributed by atoms with Crippen molar-refractivity contribution in [2.75, 3.05) is 6.61 Å². The highest BCUT2D eigenvalue weighted by molar-refractivity contribution is 5.85. The highest BCUT2D eigenvalue weighted by Gasteiger charge is 2.74. The fourth-order valence-corrected chi connectivity index (χ4v) is 12.7. The lowest BCUT2D eigenvalue weighted by Gasteiger charge is -2.60. The van der Waals surface area contributed by atoms with Crippen molar-refractivity contribution in [2.45, 2.75) is 181 Å². The van der Waals surface area contributed by atoms with E-state index in [0.29, 0.717) is 37.0 Å². The molecule has 0 aromatic heterocycles. The summed E-state index contributed by atoms with van der Waals surface area (Å²) in [6.45, 7) is 16.5. The average Bonchev–Trinajstić information content (AvgIpc) is 3.54. The Bertz CT molecular complexity index is 1760. The molecular formula is C44H62O15. The second kappa shape index (κ2) is 15.7. The number of allylic oxidation sites excluding steroid dienone is 1. The molecule has 0 radical (unpaired) electrons. The SMILES string of the molecule is CC(=O)OC[C@H]1O[C@@H](O[C@@H]2CC3=CC[C@H]4[C@@H]5CC[C@H]([C@H](C)[C@H]6C[C@]7(C)O[C@]7(C)C(=O)O6)[C@@]5(C)CC[C@@H]4[C@@]3(C)[C@@H](OC(C)=O)C2)[C@H](OC(C)=O)[C@@H](OC(C)=O)[C@@H]1OC(C)=O. The van der Waals surface area contributed by atoms with E-state index in [1.54, 1.807) is 0 Å². The number of carbonyl (C=O) groups excluding carboxylic acids is 6. The molecule has 0 unspecified atom stereocenters. The zero-order chi connectivity index (χ0) is 43.0. The van der Waals surface area contributed by atoms with Crippen molar-refractivity contribution in [1.29, 1.82) is 0 Å². The lowest BCUT2D eigenvalue weighted by molar-refractivity contribution is -0.320. The van der Waals surface area contributed by atoms with Gasteiger partial charge in [-0.1, -0.05) is 32.4 Å². The molecule has 0 bridgehead atoms. The Morgan fingerprint density at radius 2 is 1.46 bits per heavy atom. The molecule has 3 aliphatic heterocycles. The number of rotatable bonds is 10. The van der Waals surface area contributed by atoms with Crippen molar-refractivity contribution in [3.63, 3.8) is 0 Å². The van der Waals surface area contributed by atoms with Crippen molar-refractivity contribution in [3.8, 4) is 0 Å². The lowest BCUT2D eigenvalue weighted by atomic mass is 9.46. The van der Waals surface area contributed by atoms with Gasteiger partial charge in [-0.3, -0.25) is 24.0 Å². The van der Waals surface area contributed by atoms with Crippen molar-refractivity contribution >= 4 is 35.8 Å². The number of epoxide rings is 1. The number of hydrogen-bond donors (Lipinski definition) is 0. The second-order valence-electron chi connectivity index (χ2n) is 19.1. The minimum Gasteiger partial charge on any atom is -0.463 e. The Labute approximate surface area is 346 Å². The van der Waals surface area contributed by atoms with E-state index in [1.165, 1.54) is 34.6 Å². The maximum absolute atomic E-state index is 13.0. The van der Waals surface area contributed by atoms with Gasteiger partial charge in [0.25, 0.3) is 0 Å². The van der Waals surface area contributed by atoms with Gasteiger partial charge in [0.1, 0.15) is 30.5 Å². The molecule has 17 atom stereocenters. The van der Waals surface area contributed by atoms with Crippen LogP contribution in [0, 0.1) is 40.4 Å². The first-order valence-corrected chi connectivity index (χ1v) is 21.3. The Kier molecular flexibility index (Phi) is 11.6. The van der Waals surface area contributed by atoms with E-state index >= 15 is 0 Å². The maximum atomic E-state index is 13.0. The van der Waals surface area contributed by atoms with Crippen LogP contribution in [-0.4, -0.2) is 103 Å². The van der Waals surface area contributed by atoms with Gasteiger partial charge in [0.15, 0.2) is 30.2 Å². The van der Waals surface area contributed by atoms with Crippen LogP contribution in [0.4, 0.5) is 0 Å². The van der Waals surface area contributed by atoms with Gasteiger partial charge in [0, 0.05) is 52.9 Å². The van der Waals surface area contributed by atoms with Crippen LogP contribution in [0.5, 0.6) is 0 Å². The third-order valence-electron chi connectivity index (χ3n) is 15.6. The number of esters is 6. The third-order valence-corrected chi connectivity index (χ3v) is 15.6. The van der Waals surface area contributed by atoms with Crippen LogP contribution in [0.1, 0.15) is 121 Å². The van der Waals surface area contributed by atoms with Crippen LogP contribution in [0.15, 0.2) is 11.6 Å². The Morgan fingerprint density at radius 1 is 0.814 bits per heavy atom. The molecule has 7 aliphatic rings. The highest BCUT2D eigenvalue weighted by Crippen LogP contribution is 2.68. The van der Waals surface area contributed by atoms with Gasteiger partial charge in [-0.15, -0.1) is 0 Å². The van der Waals surface area contributed by atoms with Crippen molar-refractivity contribution in [2.24, 2.45) is 40.4 Å². The van der Waals surface area contributed by atoms with Crippen LogP contribution in [-0.2, 0) is 71.4 Å². The topological polar surface area (TPSA) is 189 Å². The second-order valence-corrected chi connectivity index (χ2v) is 19.1. The van der Waals surface area contributed by atoms with Gasteiger partial charge < -0.3 is 42.6 Å². The van der Waals surface area contributed by atoms with Crippen LogP contribution in [0.3, 0.4) is 0 Å². The molecule has 0 amide bonds. The quantitative estimate of drug-likeness (QED) is 0.123. The summed E-state index contributed by atoms with van der Waals surface area (Å²) in [5, 5.41) is 0. The van der Waals surface area contributed by atoms with E-state index in [-0.39, 0.29) is 35.9 Å². The molecule has 15 heteroatoms. The third kappa shape index (κ3) is 7.70. The number of fused-ring (bicyclic) bond motifs is 6. The fourth-order valence-electron chi connectivity index (χ4n) is 12.7. The summed E-state index contributed by atoms with van der Waals surface area (Å²) >= 11 is 0. The first-order valence-electron chi connectivity index (χ1n) is 21.3. The van der Waals surface area contributed by atoms with Gasteiger partial charge >= 0.3 is 35.8 Å². The summed E-state index contributed by atoms with van der Waals surface area (Å²) < 4.78 is 53.3. The summed E-state index contributed by atoms with van der Waals surface area (Å²) in [7, 11) is 0. The molecule has 328 valence electrons. The summed E-state index contributed by atoms with van der Waals surface area (Å²) in [6.07, 6.45) is 0.836. The van der Waals surface area contributed by atoms with E-state index < -0.39 is 89.4 Å². The predicted octanol–water partition coefficient (Wildman–Crippen LogP) is 5.07. The fraction of sp³-hybridized carbons (Fsp3) is 0.818. The van der Waals surface area contributed by atoms with Gasteiger partial charge in [0.05, 0.1) is 6.10 Å². The Hall–Kier alpha value is -3.56. The molecule has 0 spiro atoms. The largest absolute Gasteiger partial charge is 0.463 e. The molecular weight excluding hydrogens is 768 g/mol. The standard InChI is InChI=1S/C44H62O15/c1-21(33-19-42(8)44(10,59-42)40(50)58-33)30-13-14-31-29-12-11-27-17-28(18-35(52-23(3)46)43(27,9)32(29)15-16-41(30,31)7)56-39-38(55-26(6)49)37(54-25(5)48)36(53-24(4)47)34(57-39)20-51-22(2)45/h11,21,28-39H,12-20H2,1-10H3/t21-,28+,29-,30+,31-,32-,33+,34+,35-,36+,37-,38+,39+,41+,42-,43-,44+/m0/s1. The first kappa shape index (κ1) is 43.5. The summed E-state index contributed by atoms with van der Waals surface area (Å²) in [6, 6.07) is 0. The van der Waals surface area contributed by atoms with Crippen LogP contribution < -0.4 is 0 Å². The molecule has 3 saturated carbocycles. The van der Waals surface area contributed by atoms with Crippen LogP contribution in [0.25, 0.3) is 0 Å². The summed E-state index contributed by atoms with van der Waals surface area (Å²) in [5.41, 5.74) is -0.629.